The number of anilines is 1. The summed E-state index contributed by atoms with van der Waals surface area (Å²) in [5.74, 6) is -0.780. The lowest BCUT2D eigenvalue weighted by Crippen LogP contribution is -2.24. The highest BCUT2D eigenvalue weighted by atomic mass is 19.1. The van der Waals surface area contributed by atoms with Gasteiger partial charge < -0.3 is 14.2 Å². The molecule has 138 valence electrons. The van der Waals surface area contributed by atoms with Crippen molar-refractivity contribution in [1.29, 1.82) is 0 Å². The van der Waals surface area contributed by atoms with Crippen LogP contribution in [0.4, 0.5) is 14.5 Å². The van der Waals surface area contributed by atoms with E-state index in [0.717, 1.165) is 0 Å². The average molecular weight is 371 g/mol. The van der Waals surface area contributed by atoms with E-state index in [4.69, 9.17) is 9.26 Å². The number of nitrogens with zero attached hydrogens (tertiary/aromatic N) is 3. The summed E-state index contributed by atoms with van der Waals surface area (Å²) in [7, 11) is 1.38. The molecule has 6 nitrogen and oxygen atoms in total. The number of carbonyl (C=O) groups excluding carboxylic acids is 1. The summed E-state index contributed by atoms with van der Waals surface area (Å²) in [5.41, 5.74) is 0.925. The van der Waals surface area contributed by atoms with Gasteiger partial charge in [0.15, 0.2) is 11.6 Å². The van der Waals surface area contributed by atoms with Crippen molar-refractivity contribution in [3.63, 3.8) is 0 Å². The molecule has 1 saturated heterocycles. The van der Waals surface area contributed by atoms with Crippen molar-refractivity contribution in [2.45, 2.75) is 12.3 Å². The second-order valence-corrected chi connectivity index (χ2v) is 6.19. The van der Waals surface area contributed by atoms with E-state index in [2.05, 4.69) is 10.1 Å². The Morgan fingerprint density at radius 3 is 2.81 bits per heavy atom. The summed E-state index contributed by atoms with van der Waals surface area (Å²) in [6, 6.07) is 10.2. The van der Waals surface area contributed by atoms with Crippen molar-refractivity contribution in [2.75, 3.05) is 18.6 Å². The van der Waals surface area contributed by atoms with Crippen LogP contribution in [0.1, 0.15) is 18.2 Å². The van der Waals surface area contributed by atoms with E-state index in [1.54, 1.807) is 18.2 Å². The quantitative estimate of drug-likeness (QED) is 0.702. The Morgan fingerprint density at radius 1 is 1.22 bits per heavy atom. The third-order valence-electron chi connectivity index (χ3n) is 4.45. The van der Waals surface area contributed by atoms with Gasteiger partial charge in [-0.05, 0) is 36.4 Å². The Labute approximate surface area is 153 Å². The summed E-state index contributed by atoms with van der Waals surface area (Å²) in [6.45, 7) is 0.306. The summed E-state index contributed by atoms with van der Waals surface area (Å²) < 4.78 is 37.5. The van der Waals surface area contributed by atoms with Crippen LogP contribution in [0.3, 0.4) is 0 Å². The van der Waals surface area contributed by atoms with Crippen LogP contribution in [-0.4, -0.2) is 29.7 Å². The van der Waals surface area contributed by atoms with Crippen LogP contribution in [0.2, 0.25) is 0 Å². The fourth-order valence-corrected chi connectivity index (χ4v) is 3.09. The molecule has 1 aromatic heterocycles. The van der Waals surface area contributed by atoms with Gasteiger partial charge in [-0.1, -0.05) is 11.2 Å². The van der Waals surface area contributed by atoms with Crippen LogP contribution >= 0.6 is 0 Å². The first kappa shape index (κ1) is 17.1. The summed E-state index contributed by atoms with van der Waals surface area (Å²) in [4.78, 5) is 18.1. The third kappa shape index (κ3) is 3.25. The van der Waals surface area contributed by atoms with Crippen molar-refractivity contribution >= 4 is 11.6 Å². The third-order valence-corrected chi connectivity index (χ3v) is 4.45. The Hall–Kier alpha value is -3.29. The number of halogens is 2. The molecule has 1 fully saturated rings. The second kappa shape index (κ2) is 6.79. The van der Waals surface area contributed by atoms with Crippen LogP contribution in [0, 0.1) is 11.6 Å². The second-order valence-electron chi connectivity index (χ2n) is 6.19. The minimum absolute atomic E-state index is 0.120. The maximum absolute atomic E-state index is 13.9. The maximum Gasteiger partial charge on any atom is 0.232 e. The summed E-state index contributed by atoms with van der Waals surface area (Å²) in [5, 5.41) is 3.88. The number of benzene rings is 2. The van der Waals surface area contributed by atoms with Crippen LogP contribution in [0.25, 0.3) is 11.4 Å². The van der Waals surface area contributed by atoms with Crippen molar-refractivity contribution in [1.82, 2.24) is 10.1 Å². The normalized spacial score (nSPS) is 16.8. The smallest absolute Gasteiger partial charge is 0.232 e. The van der Waals surface area contributed by atoms with E-state index in [-0.39, 0.29) is 35.7 Å². The van der Waals surface area contributed by atoms with Gasteiger partial charge in [0.25, 0.3) is 0 Å². The van der Waals surface area contributed by atoms with E-state index in [1.807, 2.05) is 0 Å². The number of rotatable bonds is 4. The highest BCUT2D eigenvalue weighted by molar-refractivity contribution is 5.96. The van der Waals surface area contributed by atoms with Crippen LogP contribution in [0.15, 0.2) is 47.0 Å². The number of methoxy groups -OCH3 is 1. The molecule has 8 heteroatoms. The molecule has 1 aliphatic rings. The summed E-state index contributed by atoms with van der Waals surface area (Å²) in [6.07, 6.45) is 0.176. The molecule has 0 radical (unpaired) electrons. The molecular weight excluding hydrogens is 356 g/mol. The Balaban J connectivity index is 1.55. The minimum atomic E-state index is -0.533. The number of carbonyl (C=O) groups is 1. The zero-order chi connectivity index (χ0) is 19.0. The fourth-order valence-electron chi connectivity index (χ4n) is 3.09. The molecule has 27 heavy (non-hydrogen) atoms. The molecule has 4 rings (SSSR count). The Morgan fingerprint density at radius 2 is 2.07 bits per heavy atom. The van der Waals surface area contributed by atoms with Crippen molar-refractivity contribution in [2.24, 2.45) is 0 Å². The lowest BCUT2D eigenvalue weighted by Gasteiger charge is -2.15. The standard InChI is InChI=1S/C19H15F2N3O3/c1-26-16-6-5-11(7-15(16)21)18-22-19(27-23-18)12-8-17(25)24(10-12)14-4-2-3-13(20)9-14/h2-7,9,12H,8,10H2,1H3. The topological polar surface area (TPSA) is 68.5 Å². The minimum Gasteiger partial charge on any atom is -0.494 e. The van der Waals surface area contributed by atoms with Gasteiger partial charge in [-0.2, -0.15) is 4.98 Å². The average Bonchev–Trinajstić information content (AvgIpc) is 3.28. The van der Waals surface area contributed by atoms with Gasteiger partial charge in [0, 0.05) is 24.2 Å². The maximum atomic E-state index is 13.9. The lowest BCUT2D eigenvalue weighted by atomic mass is 10.1. The monoisotopic (exact) mass is 371 g/mol. The number of hydrogen-bond donors (Lipinski definition) is 0. The van der Waals surface area contributed by atoms with E-state index in [9.17, 15) is 13.6 Å². The van der Waals surface area contributed by atoms with Gasteiger partial charge in [0.2, 0.25) is 17.6 Å². The number of hydrogen-bond acceptors (Lipinski definition) is 5. The Kier molecular flexibility index (Phi) is 4.31. The molecule has 2 aromatic carbocycles. The fraction of sp³-hybridized carbons (Fsp3) is 0.211. The van der Waals surface area contributed by atoms with E-state index in [1.165, 1.54) is 36.3 Å². The molecule has 1 unspecified atom stereocenters. The number of ether oxygens (including phenoxy) is 1. The zero-order valence-electron chi connectivity index (χ0n) is 14.4. The van der Waals surface area contributed by atoms with Gasteiger partial charge in [-0.15, -0.1) is 0 Å². The Bertz CT molecular complexity index is 1010. The van der Waals surface area contributed by atoms with Crippen LogP contribution in [0.5, 0.6) is 5.75 Å². The highest BCUT2D eigenvalue weighted by Gasteiger charge is 2.35. The van der Waals surface area contributed by atoms with Gasteiger partial charge in [0.05, 0.1) is 13.0 Å². The zero-order valence-corrected chi connectivity index (χ0v) is 14.4. The van der Waals surface area contributed by atoms with Crippen molar-refractivity contribution in [3.8, 4) is 17.1 Å². The molecule has 0 N–H and O–H groups in total. The van der Waals surface area contributed by atoms with Crippen LogP contribution in [-0.2, 0) is 4.79 Å². The molecule has 3 aromatic rings. The largest absolute Gasteiger partial charge is 0.494 e. The molecular formula is C19H15F2N3O3. The van der Waals surface area contributed by atoms with E-state index >= 15 is 0 Å². The first-order valence-electron chi connectivity index (χ1n) is 8.28. The lowest BCUT2D eigenvalue weighted by molar-refractivity contribution is -0.117. The first-order valence-corrected chi connectivity index (χ1v) is 8.28. The van der Waals surface area contributed by atoms with Crippen molar-refractivity contribution < 1.29 is 22.8 Å². The molecule has 0 bridgehead atoms. The predicted octanol–water partition coefficient (Wildman–Crippen LogP) is 3.54. The number of aromatic nitrogens is 2. The molecule has 1 atom stereocenters. The molecule has 0 spiro atoms. The first-order chi connectivity index (χ1) is 13.0. The van der Waals surface area contributed by atoms with Crippen molar-refractivity contribution in [3.05, 3.63) is 60.0 Å². The van der Waals surface area contributed by atoms with Crippen LogP contribution < -0.4 is 9.64 Å². The van der Waals surface area contributed by atoms with Gasteiger partial charge in [-0.25, -0.2) is 8.78 Å². The summed E-state index contributed by atoms with van der Waals surface area (Å²) >= 11 is 0. The van der Waals surface area contributed by atoms with Gasteiger partial charge in [0.1, 0.15) is 5.82 Å². The number of amides is 1. The SMILES string of the molecule is COc1ccc(-c2noc(C3CC(=O)N(c4cccc(F)c4)C3)n2)cc1F. The van der Waals surface area contributed by atoms with Gasteiger partial charge >= 0.3 is 0 Å². The van der Waals surface area contributed by atoms with Gasteiger partial charge in [-0.3, -0.25) is 4.79 Å². The molecule has 2 heterocycles. The van der Waals surface area contributed by atoms with E-state index in [0.29, 0.717) is 17.8 Å². The molecule has 1 aliphatic heterocycles. The highest BCUT2D eigenvalue weighted by Crippen LogP contribution is 2.32. The molecule has 1 amide bonds. The predicted molar refractivity (Wildman–Crippen MR) is 92.4 cm³/mol. The van der Waals surface area contributed by atoms with E-state index < -0.39 is 11.6 Å². The molecule has 0 saturated carbocycles. The molecule has 0 aliphatic carbocycles.